The van der Waals surface area contributed by atoms with E-state index in [-0.39, 0.29) is 10.9 Å². The third kappa shape index (κ3) is 3.04. The van der Waals surface area contributed by atoms with Gasteiger partial charge in [0.05, 0.1) is 15.6 Å². The van der Waals surface area contributed by atoms with Crippen molar-refractivity contribution in [1.82, 2.24) is 5.32 Å². The number of carbonyl (C=O) groups excluding carboxylic acids is 1. The van der Waals surface area contributed by atoms with Gasteiger partial charge in [0.1, 0.15) is 0 Å². The molecule has 3 nitrogen and oxygen atoms in total. The minimum absolute atomic E-state index is 0.185. The predicted molar refractivity (Wildman–Crippen MR) is 82.1 cm³/mol. The normalized spacial score (nSPS) is 18.4. The van der Waals surface area contributed by atoms with Gasteiger partial charge in [-0.15, -0.1) is 0 Å². The lowest BCUT2D eigenvalue weighted by Gasteiger charge is -2.16. The zero-order chi connectivity index (χ0) is 14.3. The molecule has 0 radical (unpaired) electrons. The Bertz CT molecular complexity index is 527. The second kappa shape index (κ2) is 5.45. The van der Waals surface area contributed by atoms with Gasteiger partial charge in [0.15, 0.2) is 0 Å². The molecule has 108 valence electrons. The maximum absolute atomic E-state index is 12.3. The molecule has 0 spiro atoms. The van der Waals surface area contributed by atoms with Crippen LogP contribution < -0.4 is 11.1 Å². The molecule has 2 aliphatic rings. The van der Waals surface area contributed by atoms with Crippen molar-refractivity contribution in [1.29, 1.82) is 0 Å². The Kier molecular flexibility index (Phi) is 3.83. The zero-order valence-corrected chi connectivity index (χ0v) is 12.7. The SMILES string of the molecule is Nc1cc(Cl)c(Cl)c(C(=O)NCC(C2CC2)C2CC2)c1. The van der Waals surface area contributed by atoms with Crippen LogP contribution in [0.25, 0.3) is 0 Å². The highest BCUT2D eigenvalue weighted by Gasteiger charge is 2.41. The molecule has 0 unspecified atom stereocenters. The highest BCUT2D eigenvalue weighted by molar-refractivity contribution is 6.44. The summed E-state index contributed by atoms with van der Waals surface area (Å²) in [5.74, 6) is 2.06. The van der Waals surface area contributed by atoms with Gasteiger partial charge in [-0.05, 0) is 55.6 Å². The smallest absolute Gasteiger partial charge is 0.252 e. The molecule has 2 fully saturated rings. The molecule has 0 bridgehead atoms. The average Bonchev–Trinajstić information content (AvgIpc) is 3.25. The van der Waals surface area contributed by atoms with Gasteiger partial charge in [-0.2, -0.15) is 0 Å². The van der Waals surface area contributed by atoms with Crippen molar-refractivity contribution in [3.05, 3.63) is 27.7 Å². The van der Waals surface area contributed by atoms with E-state index in [2.05, 4.69) is 5.32 Å². The Labute approximate surface area is 128 Å². The highest BCUT2D eigenvalue weighted by atomic mass is 35.5. The summed E-state index contributed by atoms with van der Waals surface area (Å²) in [5.41, 5.74) is 6.53. The second-order valence-electron chi connectivity index (χ2n) is 5.91. The number of nitrogen functional groups attached to an aromatic ring is 1. The van der Waals surface area contributed by atoms with E-state index in [9.17, 15) is 4.79 Å². The first-order valence-electron chi connectivity index (χ1n) is 7.09. The Morgan fingerprint density at radius 2 is 1.85 bits per heavy atom. The summed E-state index contributed by atoms with van der Waals surface area (Å²) in [6.07, 6.45) is 5.23. The maximum atomic E-state index is 12.3. The lowest BCUT2D eigenvalue weighted by molar-refractivity contribution is 0.0943. The van der Waals surface area contributed by atoms with Gasteiger partial charge in [-0.25, -0.2) is 0 Å². The number of halogens is 2. The molecule has 0 heterocycles. The summed E-state index contributed by atoms with van der Waals surface area (Å²) in [5, 5.41) is 3.59. The van der Waals surface area contributed by atoms with Crippen LogP contribution in [0, 0.1) is 17.8 Å². The molecule has 0 atom stereocenters. The average molecular weight is 313 g/mol. The maximum Gasteiger partial charge on any atom is 0.252 e. The van der Waals surface area contributed by atoms with E-state index < -0.39 is 0 Å². The first-order valence-corrected chi connectivity index (χ1v) is 7.84. The van der Waals surface area contributed by atoms with Crippen molar-refractivity contribution in [2.45, 2.75) is 25.7 Å². The second-order valence-corrected chi connectivity index (χ2v) is 6.70. The number of nitrogens with two attached hydrogens (primary N) is 1. The molecule has 2 saturated carbocycles. The number of carbonyl (C=O) groups is 1. The van der Waals surface area contributed by atoms with E-state index in [1.165, 1.54) is 25.7 Å². The highest BCUT2D eigenvalue weighted by Crippen LogP contribution is 2.48. The van der Waals surface area contributed by atoms with E-state index in [1.54, 1.807) is 12.1 Å². The fraction of sp³-hybridized carbons (Fsp3) is 0.533. The lowest BCUT2D eigenvalue weighted by Crippen LogP contribution is -2.31. The molecule has 2 aliphatic carbocycles. The van der Waals surface area contributed by atoms with Gasteiger partial charge in [0, 0.05) is 12.2 Å². The van der Waals surface area contributed by atoms with Crippen LogP contribution in [0.5, 0.6) is 0 Å². The molecular formula is C15H18Cl2N2O. The summed E-state index contributed by atoms with van der Waals surface area (Å²) in [7, 11) is 0. The Hall–Kier alpha value is -0.930. The van der Waals surface area contributed by atoms with Crippen LogP contribution in [0.4, 0.5) is 5.69 Å². The Morgan fingerprint density at radius 1 is 1.25 bits per heavy atom. The van der Waals surface area contributed by atoms with Gasteiger partial charge in [0.25, 0.3) is 5.91 Å². The molecule has 3 rings (SSSR count). The third-order valence-corrected chi connectivity index (χ3v) is 5.05. The number of nitrogens with one attached hydrogen (secondary N) is 1. The lowest BCUT2D eigenvalue weighted by atomic mass is 9.98. The number of rotatable bonds is 5. The van der Waals surface area contributed by atoms with E-state index in [4.69, 9.17) is 28.9 Å². The van der Waals surface area contributed by atoms with Crippen LogP contribution in [0.15, 0.2) is 12.1 Å². The number of hydrogen-bond acceptors (Lipinski definition) is 2. The van der Waals surface area contributed by atoms with Crippen LogP contribution in [-0.2, 0) is 0 Å². The fourth-order valence-corrected chi connectivity index (χ4v) is 3.27. The first-order chi connectivity index (χ1) is 9.56. The third-order valence-electron chi connectivity index (χ3n) is 4.25. The van der Waals surface area contributed by atoms with E-state index >= 15 is 0 Å². The molecule has 3 N–H and O–H groups in total. The van der Waals surface area contributed by atoms with Crippen molar-refractivity contribution in [2.24, 2.45) is 17.8 Å². The van der Waals surface area contributed by atoms with Gasteiger partial charge in [-0.3, -0.25) is 4.79 Å². The molecule has 0 aromatic heterocycles. The van der Waals surface area contributed by atoms with Crippen LogP contribution in [-0.4, -0.2) is 12.5 Å². The summed E-state index contributed by atoms with van der Waals surface area (Å²) < 4.78 is 0. The summed E-state index contributed by atoms with van der Waals surface area (Å²) in [4.78, 5) is 12.3. The summed E-state index contributed by atoms with van der Waals surface area (Å²) in [6, 6.07) is 3.13. The number of amides is 1. The Morgan fingerprint density at radius 3 is 2.40 bits per heavy atom. The monoisotopic (exact) mass is 312 g/mol. The quantitative estimate of drug-likeness (QED) is 0.814. The van der Waals surface area contributed by atoms with Crippen LogP contribution in [0.3, 0.4) is 0 Å². The molecule has 5 heteroatoms. The van der Waals surface area contributed by atoms with Gasteiger partial charge in [0.2, 0.25) is 0 Å². The van der Waals surface area contributed by atoms with Crippen molar-refractivity contribution < 1.29 is 4.79 Å². The topological polar surface area (TPSA) is 55.1 Å². The zero-order valence-electron chi connectivity index (χ0n) is 11.2. The molecular weight excluding hydrogens is 295 g/mol. The van der Waals surface area contributed by atoms with Gasteiger partial charge in [-0.1, -0.05) is 23.2 Å². The molecule has 1 amide bonds. The minimum atomic E-state index is -0.185. The first kappa shape index (κ1) is 14.0. The van der Waals surface area contributed by atoms with E-state index in [1.807, 2.05) is 0 Å². The van der Waals surface area contributed by atoms with Crippen molar-refractivity contribution in [3.8, 4) is 0 Å². The van der Waals surface area contributed by atoms with Crippen molar-refractivity contribution >= 4 is 34.8 Å². The van der Waals surface area contributed by atoms with Crippen molar-refractivity contribution in [2.75, 3.05) is 12.3 Å². The molecule has 1 aromatic carbocycles. The van der Waals surface area contributed by atoms with Gasteiger partial charge >= 0.3 is 0 Å². The standard InChI is InChI=1S/C15H18Cl2N2O/c16-13-6-10(18)5-11(14(13)17)15(20)19-7-12(8-1-2-8)9-3-4-9/h5-6,8-9,12H,1-4,7,18H2,(H,19,20). The molecule has 20 heavy (non-hydrogen) atoms. The van der Waals surface area contributed by atoms with E-state index in [0.717, 1.165) is 18.4 Å². The Balaban J connectivity index is 1.66. The van der Waals surface area contributed by atoms with E-state index in [0.29, 0.717) is 22.2 Å². The number of hydrogen-bond donors (Lipinski definition) is 2. The predicted octanol–water partition coefficient (Wildman–Crippen LogP) is 3.74. The molecule has 0 aliphatic heterocycles. The minimum Gasteiger partial charge on any atom is -0.399 e. The molecule has 1 aromatic rings. The van der Waals surface area contributed by atoms with Crippen LogP contribution in [0.1, 0.15) is 36.0 Å². The number of anilines is 1. The van der Waals surface area contributed by atoms with Crippen LogP contribution >= 0.6 is 23.2 Å². The number of benzene rings is 1. The van der Waals surface area contributed by atoms with Gasteiger partial charge < -0.3 is 11.1 Å². The largest absolute Gasteiger partial charge is 0.399 e. The summed E-state index contributed by atoms with van der Waals surface area (Å²) >= 11 is 12.0. The summed E-state index contributed by atoms with van der Waals surface area (Å²) in [6.45, 7) is 0.733. The van der Waals surface area contributed by atoms with Crippen LogP contribution in [0.2, 0.25) is 10.0 Å². The van der Waals surface area contributed by atoms with Crippen molar-refractivity contribution in [3.63, 3.8) is 0 Å². The molecule has 0 saturated heterocycles. The fourth-order valence-electron chi connectivity index (χ4n) is 2.85.